The summed E-state index contributed by atoms with van der Waals surface area (Å²) >= 11 is 0. The van der Waals surface area contributed by atoms with Crippen molar-refractivity contribution in [3.05, 3.63) is 83.7 Å². The summed E-state index contributed by atoms with van der Waals surface area (Å²) in [6, 6.07) is 23.8. The van der Waals surface area contributed by atoms with Crippen LogP contribution >= 0.6 is 0 Å². The largest absolute Gasteiger partial charge is 0.204 e. The SMILES string of the molecule is N#Cc1c(-c2ccccc2)cc(-c2ccccc2)c(C#N)c1F. The van der Waals surface area contributed by atoms with Gasteiger partial charge in [-0.2, -0.15) is 10.5 Å². The molecule has 0 saturated carbocycles. The molecule has 0 aliphatic carbocycles. The Kier molecular flexibility index (Phi) is 3.87. The van der Waals surface area contributed by atoms with Crippen LogP contribution in [-0.4, -0.2) is 0 Å². The van der Waals surface area contributed by atoms with Crippen LogP contribution in [0.4, 0.5) is 4.39 Å². The van der Waals surface area contributed by atoms with Crippen molar-refractivity contribution in [3.8, 4) is 34.4 Å². The summed E-state index contributed by atoms with van der Waals surface area (Å²) in [6.45, 7) is 0. The highest BCUT2D eigenvalue weighted by atomic mass is 19.1. The molecule has 3 heteroatoms. The molecular formula is C20H11FN2. The van der Waals surface area contributed by atoms with Crippen molar-refractivity contribution in [1.29, 1.82) is 10.5 Å². The topological polar surface area (TPSA) is 47.6 Å². The number of hydrogen-bond donors (Lipinski definition) is 0. The number of rotatable bonds is 2. The Hall–Kier alpha value is -3.43. The molecule has 108 valence electrons. The zero-order chi connectivity index (χ0) is 16.2. The summed E-state index contributed by atoms with van der Waals surface area (Å²) in [7, 11) is 0. The normalized spacial score (nSPS) is 9.87. The molecule has 0 saturated heterocycles. The highest BCUT2D eigenvalue weighted by Gasteiger charge is 2.19. The molecule has 0 radical (unpaired) electrons. The predicted octanol–water partition coefficient (Wildman–Crippen LogP) is 4.90. The Morgan fingerprint density at radius 2 is 1.04 bits per heavy atom. The van der Waals surface area contributed by atoms with Crippen LogP contribution in [0.5, 0.6) is 0 Å². The molecule has 0 heterocycles. The monoisotopic (exact) mass is 298 g/mol. The van der Waals surface area contributed by atoms with E-state index in [0.717, 1.165) is 11.1 Å². The van der Waals surface area contributed by atoms with Crippen molar-refractivity contribution >= 4 is 0 Å². The second-order valence-electron chi connectivity index (χ2n) is 4.99. The first-order valence-corrected chi connectivity index (χ1v) is 7.03. The minimum Gasteiger partial charge on any atom is -0.204 e. The standard InChI is InChI=1S/C20H11FN2/c21-20-18(12-22)16(14-7-3-1-4-8-14)11-17(19(20)13-23)15-9-5-2-6-10-15/h1-11H. The van der Waals surface area contributed by atoms with Crippen molar-refractivity contribution in [2.75, 3.05) is 0 Å². The second-order valence-corrected chi connectivity index (χ2v) is 4.99. The van der Waals surface area contributed by atoms with Crippen LogP contribution in [0.25, 0.3) is 22.3 Å². The average molecular weight is 298 g/mol. The number of nitriles is 2. The fourth-order valence-electron chi connectivity index (χ4n) is 2.56. The molecule has 0 amide bonds. The van der Waals surface area contributed by atoms with Crippen molar-refractivity contribution in [3.63, 3.8) is 0 Å². The minimum absolute atomic E-state index is 0.104. The molecular weight excluding hydrogens is 287 g/mol. The summed E-state index contributed by atoms with van der Waals surface area (Å²) in [4.78, 5) is 0. The highest BCUT2D eigenvalue weighted by molar-refractivity contribution is 5.81. The smallest absolute Gasteiger partial charge is 0.159 e. The minimum atomic E-state index is -0.768. The Morgan fingerprint density at radius 1 is 0.652 bits per heavy atom. The van der Waals surface area contributed by atoms with Crippen LogP contribution in [0.3, 0.4) is 0 Å². The fourth-order valence-corrected chi connectivity index (χ4v) is 2.56. The van der Waals surface area contributed by atoms with E-state index < -0.39 is 5.82 Å². The van der Waals surface area contributed by atoms with Crippen LogP contribution in [0.2, 0.25) is 0 Å². The molecule has 0 aromatic heterocycles. The molecule has 0 aliphatic heterocycles. The summed E-state index contributed by atoms with van der Waals surface area (Å²) in [5, 5.41) is 18.7. The molecule has 0 spiro atoms. The van der Waals surface area contributed by atoms with Crippen LogP contribution in [0.1, 0.15) is 11.1 Å². The lowest BCUT2D eigenvalue weighted by Gasteiger charge is -2.12. The Balaban J connectivity index is 2.37. The molecule has 0 aliphatic rings. The van der Waals surface area contributed by atoms with Gasteiger partial charge in [0.1, 0.15) is 12.1 Å². The van der Waals surface area contributed by atoms with Gasteiger partial charge in [-0.3, -0.25) is 0 Å². The number of hydrogen-bond acceptors (Lipinski definition) is 2. The molecule has 23 heavy (non-hydrogen) atoms. The van der Waals surface area contributed by atoms with Gasteiger partial charge in [0.25, 0.3) is 0 Å². The van der Waals surface area contributed by atoms with Crippen LogP contribution in [-0.2, 0) is 0 Å². The maximum Gasteiger partial charge on any atom is 0.159 e. The lowest BCUT2D eigenvalue weighted by Crippen LogP contribution is -1.98. The first kappa shape index (κ1) is 14.5. The van der Waals surface area contributed by atoms with Gasteiger partial charge in [-0.25, -0.2) is 4.39 Å². The second kappa shape index (κ2) is 6.13. The van der Waals surface area contributed by atoms with Crippen LogP contribution in [0.15, 0.2) is 66.7 Å². The van der Waals surface area contributed by atoms with Gasteiger partial charge in [0.05, 0.1) is 11.1 Å². The molecule has 2 nitrogen and oxygen atoms in total. The summed E-state index contributed by atoms with van der Waals surface area (Å²) < 4.78 is 14.7. The van der Waals surface area contributed by atoms with Crippen molar-refractivity contribution in [2.45, 2.75) is 0 Å². The van der Waals surface area contributed by atoms with Gasteiger partial charge in [0, 0.05) is 11.1 Å². The van der Waals surface area contributed by atoms with Crippen LogP contribution in [0, 0.1) is 28.5 Å². The third-order valence-corrected chi connectivity index (χ3v) is 3.66. The predicted molar refractivity (Wildman–Crippen MR) is 86.7 cm³/mol. The molecule has 0 bridgehead atoms. The lowest BCUT2D eigenvalue weighted by molar-refractivity contribution is 0.621. The van der Waals surface area contributed by atoms with Gasteiger partial charge in [-0.1, -0.05) is 60.7 Å². The van der Waals surface area contributed by atoms with E-state index in [1.54, 1.807) is 6.07 Å². The summed E-state index contributed by atoms with van der Waals surface area (Å²) in [5.41, 5.74) is 2.25. The van der Waals surface area contributed by atoms with E-state index in [1.807, 2.05) is 72.8 Å². The van der Waals surface area contributed by atoms with Gasteiger partial charge >= 0.3 is 0 Å². The Labute approximate surface area is 133 Å². The zero-order valence-corrected chi connectivity index (χ0v) is 12.1. The molecule has 3 rings (SSSR count). The van der Waals surface area contributed by atoms with E-state index in [1.165, 1.54) is 0 Å². The lowest BCUT2D eigenvalue weighted by atomic mass is 9.91. The van der Waals surface area contributed by atoms with Gasteiger partial charge in [-0.15, -0.1) is 0 Å². The third kappa shape index (κ3) is 2.57. The Morgan fingerprint density at radius 3 is 1.39 bits per heavy atom. The molecule has 3 aromatic carbocycles. The van der Waals surface area contributed by atoms with Gasteiger partial charge in [-0.05, 0) is 17.2 Å². The first-order valence-electron chi connectivity index (χ1n) is 7.03. The van der Waals surface area contributed by atoms with E-state index in [9.17, 15) is 14.9 Å². The number of halogens is 1. The molecule has 0 N–H and O–H groups in total. The van der Waals surface area contributed by atoms with Crippen molar-refractivity contribution < 1.29 is 4.39 Å². The Bertz CT molecular complexity index is 858. The van der Waals surface area contributed by atoms with E-state index in [4.69, 9.17) is 0 Å². The molecule has 3 aromatic rings. The zero-order valence-electron chi connectivity index (χ0n) is 12.1. The van der Waals surface area contributed by atoms with E-state index in [2.05, 4.69) is 0 Å². The van der Waals surface area contributed by atoms with Crippen LogP contribution < -0.4 is 0 Å². The summed E-state index contributed by atoms with van der Waals surface area (Å²) in [5.74, 6) is -0.768. The van der Waals surface area contributed by atoms with E-state index in [0.29, 0.717) is 11.1 Å². The van der Waals surface area contributed by atoms with E-state index >= 15 is 0 Å². The van der Waals surface area contributed by atoms with Crippen molar-refractivity contribution in [1.82, 2.24) is 0 Å². The average Bonchev–Trinajstić information content (AvgIpc) is 2.62. The first-order chi connectivity index (χ1) is 11.3. The van der Waals surface area contributed by atoms with Crippen molar-refractivity contribution in [2.24, 2.45) is 0 Å². The molecule has 0 atom stereocenters. The number of nitrogens with zero attached hydrogens (tertiary/aromatic N) is 2. The summed E-state index contributed by atoms with van der Waals surface area (Å²) in [6.07, 6.45) is 0. The van der Waals surface area contributed by atoms with E-state index in [-0.39, 0.29) is 11.1 Å². The maximum atomic E-state index is 14.7. The third-order valence-electron chi connectivity index (χ3n) is 3.66. The fraction of sp³-hybridized carbons (Fsp3) is 0. The quantitative estimate of drug-likeness (QED) is 0.675. The van der Waals surface area contributed by atoms with Gasteiger partial charge in [0.15, 0.2) is 5.82 Å². The molecule has 0 unspecified atom stereocenters. The van der Waals surface area contributed by atoms with Gasteiger partial charge in [0.2, 0.25) is 0 Å². The molecule has 0 fully saturated rings. The highest BCUT2D eigenvalue weighted by Crippen LogP contribution is 2.34. The number of benzene rings is 3. The maximum absolute atomic E-state index is 14.7. The van der Waals surface area contributed by atoms with Gasteiger partial charge < -0.3 is 0 Å².